The predicted molar refractivity (Wildman–Crippen MR) is 95.2 cm³/mol. The number of hydrogen-bond acceptors (Lipinski definition) is 3. The van der Waals surface area contributed by atoms with E-state index in [4.69, 9.17) is 4.42 Å². The minimum absolute atomic E-state index is 0.117. The Hall–Kier alpha value is -2.30. The van der Waals surface area contributed by atoms with Crippen molar-refractivity contribution in [3.63, 3.8) is 0 Å². The Morgan fingerprint density at radius 1 is 1.16 bits per heavy atom. The highest BCUT2D eigenvalue weighted by Crippen LogP contribution is 2.34. The third-order valence-corrected chi connectivity index (χ3v) is 5.31. The highest BCUT2D eigenvalue weighted by Gasteiger charge is 2.37. The lowest BCUT2D eigenvalue weighted by Crippen LogP contribution is -2.41. The molecule has 0 aliphatic heterocycles. The van der Waals surface area contributed by atoms with Crippen molar-refractivity contribution in [2.45, 2.75) is 44.6 Å². The second-order valence-electron chi connectivity index (χ2n) is 7.15. The number of carbonyl (C=O) groups is 2. The van der Waals surface area contributed by atoms with Crippen molar-refractivity contribution < 1.29 is 14.0 Å². The van der Waals surface area contributed by atoms with Crippen LogP contribution in [-0.2, 0) is 4.79 Å². The van der Waals surface area contributed by atoms with E-state index in [1.54, 1.807) is 0 Å². The van der Waals surface area contributed by atoms with Crippen molar-refractivity contribution in [1.82, 2.24) is 10.2 Å². The summed E-state index contributed by atoms with van der Waals surface area (Å²) in [5.74, 6) is 0.474. The van der Waals surface area contributed by atoms with Crippen molar-refractivity contribution in [2.75, 3.05) is 13.1 Å². The predicted octanol–water partition coefficient (Wildman–Crippen LogP) is 3.34. The molecule has 0 radical (unpaired) electrons. The zero-order chi connectivity index (χ0) is 17.2. The summed E-state index contributed by atoms with van der Waals surface area (Å²) in [7, 11) is 0. The van der Waals surface area contributed by atoms with Crippen molar-refractivity contribution in [3.8, 4) is 0 Å². The van der Waals surface area contributed by atoms with Gasteiger partial charge in [0.05, 0.1) is 5.56 Å². The number of fused-ring (bicyclic) bond motifs is 1. The first-order valence-corrected chi connectivity index (χ1v) is 9.29. The molecule has 1 N–H and O–H groups in total. The molecule has 2 aromatic rings. The first kappa shape index (κ1) is 16.2. The summed E-state index contributed by atoms with van der Waals surface area (Å²) in [5, 5.41) is 3.78. The normalized spacial score (nSPS) is 17.3. The Bertz CT molecular complexity index is 774. The summed E-state index contributed by atoms with van der Waals surface area (Å²) in [5.41, 5.74) is 1.29. The van der Waals surface area contributed by atoms with Crippen LogP contribution in [0, 0.1) is 5.92 Å². The van der Waals surface area contributed by atoms with Crippen LogP contribution in [0.2, 0.25) is 0 Å². The first-order chi connectivity index (χ1) is 12.2. The molecule has 2 saturated carbocycles. The zero-order valence-electron chi connectivity index (χ0n) is 14.4. The van der Waals surface area contributed by atoms with Crippen LogP contribution in [0.4, 0.5) is 0 Å². The lowest BCUT2D eigenvalue weighted by Gasteiger charge is -2.32. The highest BCUT2D eigenvalue weighted by atomic mass is 16.3. The molecule has 1 heterocycles. The molecule has 25 heavy (non-hydrogen) atoms. The number of benzene rings is 1. The van der Waals surface area contributed by atoms with E-state index in [1.807, 2.05) is 24.3 Å². The molecule has 0 atom stereocenters. The van der Waals surface area contributed by atoms with Gasteiger partial charge in [0.2, 0.25) is 5.91 Å². The molecule has 5 nitrogen and oxygen atoms in total. The Kier molecular flexibility index (Phi) is 4.47. The van der Waals surface area contributed by atoms with E-state index in [2.05, 4.69) is 10.2 Å². The zero-order valence-corrected chi connectivity index (χ0v) is 14.4. The largest absolute Gasteiger partial charge is 0.463 e. The molecular weight excluding hydrogens is 316 g/mol. The van der Waals surface area contributed by atoms with Crippen LogP contribution >= 0.6 is 0 Å². The molecule has 0 spiro atoms. The molecular formula is C20H24N2O3. The van der Waals surface area contributed by atoms with E-state index in [-0.39, 0.29) is 11.8 Å². The Balaban J connectivity index is 1.28. The fraction of sp³-hybridized carbons (Fsp3) is 0.500. The molecule has 1 aromatic carbocycles. The smallest absolute Gasteiger partial charge is 0.255 e. The Labute approximate surface area is 147 Å². The van der Waals surface area contributed by atoms with Crippen molar-refractivity contribution >= 4 is 22.8 Å². The molecule has 132 valence electrons. The lowest BCUT2D eigenvalue weighted by atomic mass is 9.84. The van der Waals surface area contributed by atoms with Crippen LogP contribution in [0.5, 0.6) is 0 Å². The second kappa shape index (κ2) is 6.90. The molecule has 2 fully saturated rings. The molecule has 5 heteroatoms. The maximum atomic E-state index is 12.5. The third kappa shape index (κ3) is 3.41. The molecule has 2 aliphatic carbocycles. The van der Waals surface area contributed by atoms with E-state index in [0.29, 0.717) is 24.1 Å². The summed E-state index contributed by atoms with van der Waals surface area (Å²) in [6, 6.07) is 7.97. The molecule has 0 saturated heterocycles. The minimum atomic E-state index is -0.117. The molecule has 2 aliphatic rings. The molecule has 0 bridgehead atoms. The van der Waals surface area contributed by atoms with Crippen LogP contribution in [0.15, 0.2) is 34.9 Å². The summed E-state index contributed by atoms with van der Waals surface area (Å²) in [6.45, 7) is 1.31. The summed E-state index contributed by atoms with van der Waals surface area (Å²) >= 11 is 0. The lowest BCUT2D eigenvalue weighted by molar-refractivity contribution is -0.138. The first-order valence-electron chi connectivity index (χ1n) is 9.29. The topological polar surface area (TPSA) is 62.6 Å². The van der Waals surface area contributed by atoms with Gasteiger partial charge in [-0.05, 0) is 38.2 Å². The highest BCUT2D eigenvalue weighted by molar-refractivity contribution is 6.05. The third-order valence-electron chi connectivity index (χ3n) is 5.31. The average molecular weight is 340 g/mol. The standard InChI is InChI=1S/C20H24N2O3/c23-19(17-13-25-18-8-2-1-7-16(17)18)21-11-4-12-22(15-9-10-15)20(24)14-5-3-6-14/h1-2,7-8,13-15H,3-6,9-12H2,(H,21,23). The van der Waals surface area contributed by atoms with E-state index < -0.39 is 0 Å². The SMILES string of the molecule is O=C(NCCCN(C(=O)C1CCC1)C1CC1)c1coc2ccccc12. The van der Waals surface area contributed by atoms with Gasteiger partial charge >= 0.3 is 0 Å². The number of nitrogens with zero attached hydrogens (tertiary/aromatic N) is 1. The Morgan fingerprint density at radius 2 is 1.96 bits per heavy atom. The van der Waals surface area contributed by atoms with Crippen LogP contribution in [0.3, 0.4) is 0 Å². The molecule has 2 amide bonds. The quantitative estimate of drug-likeness (QED) is 0.786. The summed E-state index contributed by atoms with van der Waals surface area (Å²) in [6.07, 6.45) is 7.84. The molecule has 0 unspecified atom stereocenters. The van der Waals surface area contributed by atoms with Gasteiger partial charge in [0.25, 0.3) is 5.91 Å². The van der Waals surface area contributed by atoms with E-state index >= 15 is 0 Å². The number of hydrogen-bond donors (Lipinski definition) is 1. The van der Waals surface area contributed by atoms with Gasteiger partial charge in [-0.1, -0.05) is 24.6 Å². The average Bonchev–Trinajstić information content (AvgIpc) is 3.31. The van der Waals surface area contributed by atoms with E-state index in [1.165, 1.54) is 12.7 Å². The monoisotopic (exact) mass is 340 g/mol. The van der Waals surface area contributed by atoms with Crippen LogP contribution in [0.1, 0.15) is 48.9 Å². The minimum Gasteiger partial charge on any atom is -0.463 e. The van der Waals surface area contributed by atoms with Crippen LogP contribution in [-0.4, -0.2) is 35.8 Å². The Morgan fingerprint density at radius 3 is 2.68 bits per heavy atom. The van der Waals surface area contributed by atoms with E-state index in [0.717, 1.165) is 49.6 Å². The van der Waals surface area contributed by atoms with Gasteiger partial charge < -0.3 is 14.6 Å². The fourth-order valence-corrected chi connectivity index (χ4v) is 3.45. The number of carbonyl (C=O) groups excluding carboxylic acids is 2. The number of amides is 2. The van der Waals surface area contributed by atoms with Gasteiger partial charge in [0.15, 0.2) is 0 Å². The molecule has 1 aromatic heterocycles. The number of rotatable bonds is 7. The van der Waals surface area contributed by atoms with Crippen molar-refractivity contribution in [1.29, 1.82) is 0 Å². The van der Waals surface area contributed by atoms with Gasteiger partial charge in [0, 0.05) is 30.4 Å². The van der Waals surface area contributed by atoms with Crippen molar-refractivity contribution in [3.05, 3.63) is 36.1 Å². The number of para-hydroxylation sites is 1. The second-order valence-corrected chi connectivity index (χ2v) is 7.15. The summed E-state index contributed by atoms with van der Waals surface area (Å²) < 4.78 is 5.42. The number of furan rings is 1. The van der Waals surface area contributed by atoms with Gasteiger partial charge in [-0.25, -0.2) is 0 Å². The summed E-state index contributed by atoms with van der Waals surface area (Å²) in [4.78, 5) is 26.9. The van der Waals surface area contributed by atoms with Gasteiger partial charge in [-0.3, -0.25) is 9.59 Å². The maximum Gasteiger partial charge on any atom is 0.255 e. The maximum absolute atomic E-state index is 12.5. The van der Waals surface area contributed by atoms with Gasteiger partial charge in [0.1, 0.15) is 11.8 Å². The van der Waals surface area contributed by atoms with Crippen LogP contribution in [0.25, 0.3) is 11.0 Å². The van der Waals surface area contributed by atoms with Crippen molar-refractivity contribution in [2.24, 2.45) is 5.92 Å². The fourth-order valence-electron chi connectivity index (χ4n) is 3.45. The van der Waals surface area contributed by atoms with Gasteiger partial charge in [-0.2, -0.15) is 0 Å². The number of nitrogens with one attached hydrogen (secondary N) is 1. The molecule has 4 rings (SSSR count). The van der Waals surface area contributed by atoms with E-state index in [9.17, 15) is 9.59 Å². The van der Waals surface area contributed by atoms with Crippen LogP contribution < -0.4 is 5.32 Å². The van der Waals surface area contributed by atoms with Gasteiger partial charge in [-0.15, -0.1) is 0 Å².